The Bertz CT molecular complexity index is 1850. The first-order valence-electron chi connectivity index (χ1n) is 14.2. The number of carbonyl (C=O) groups is 1. The van der Waals surface area contributed by atoms with Crippen molar-refractivity contribution in [3.05, 3.63) is 105 Å². The zero-order chi connectivity index (χ0) is 31.9. The van der Waals surface area contributed by atoms with Gasteiger partial charge in [0.1, 0.15) is 11.4 Å². The van der Waals surface area contributed by atoms with Crippen LogP contribution in [-0.2, 0) is 26.2 Å². The highest BCUT2D eigenvalue weighted by molar-refractivity contribution is 6.32. The Morgan fingerprint density at radius 2 is 1.68 bits per heavy atom. The number of aromatic nitrogens is 3. The number of carboxylic acid groups (broad SMARTS) is 1. The van der Waals surface area contributed by atoms with E-state index >= 15 is 13.2 Å². The highest BCUT2D eigenvalue weighted by Gasteiger charge is 2.39. The Balaban J connectivity index is 1.62. The molecule has 44 heavy (non-hydrogen) atoms. The normalized spacial score (nSPS) is 11.8. The van der Waals surface area contributed by atoms with Gasteiger partial charge in [-0.1, -0.05) is 41.9 Å². The van der Waals surface area contributed by atoms with Crippen molar-refractivity contribution in [3.8, 4) is 16.9 Å². The van der Waals surface area contributed by atoms with Gasteiger partial charge in [-0.05, 0) is 87.1 Å². The fourth-order valence-electron chi connectivity index (χ4n) is 5.94. The maximum absolute atomic E-state index is 15.1. The number of benzene rings is 3. The van der Waals surface area contributed by atoms with Crippen molar-refractivity contribution < 1.29 is 27.8 Å². The Morgan fingerprint density at radius 1 is 1.02 bits per heavy atom. The van der Waals surface area contributed by atoms with Crippen molar-refractivity contribution >= 4 is 28.5 Å². The van der Waals surface area contributed by atoms with E-state index in [4.69, 9.17) is 16.3 Å². The Hall–Kier alpha value is -4.24. The number of alkyl halides is 3. The molecular weight excluding hydrogens is 591 g/mol. The monoisotopic (exact) mass is 623 g/mol. The van der Waals surface area contributed by atoms with Crippen LogP contribution in [0.3, 0.4) is 0 Å². The molecule has 5 aromatic rings. The number of ether oxygens (including phenoxy) is 1. The number of carboxylic acids is 1. The van der Waals surface area contributed by atoms with Crippen LogP contribution >= 0.6 is 11.6 Å². The van der Waals surface area contributed by atoms with Gasteiger partial charge in [0.2, 0.25) is 0 Å². The smallest absolute Gasteiger partial charge is 0.431 e. The molecule has 0 spiro atoms. The van der Waals surface area contributed by atoms with Gasteiger partial charge in [-0.25, -0.2) is 4.79 Å². The van der Waals surface area contributed by atoms with Crippen molar-refractivity contribution in [1.82, 2.24) is 14.3 Å². The standard InChI is InChI=1S/C34H33ClF3N3O3/c1-19-16-25(17-20(2)30(19)35)44-15-7-10-27-26-8-6-9-28(29-21(3)39-40(5)22(29)4)31(26)41(32(27)34(36,37)38)18-23-11-13-24(14-12-23)33(42)43/h6,8-9,11-14,16-17H,7,10,15,18H2,1-5H3,(H,42,43). The van der Waals surface area contributed by atoms with Crippen LogP contribution in [0.15, 0.2) is 54.6 Å². The third-order valence-corrected chi connectivity index (χ3v) is 8.62. The van der Waals surface area contributed by atoms with Crippen LogP contribution < -0.4 is 4.74 Å². The van der Waals surface area contributed by atoms with Gasteiger partial charge >= 0.3 is 12.1 Å². The molecule has 0 aliphatic heterocycles. The molecule has 0 amide bonds. The van der Waals surface area contributed by atoms with Gasteiger partial charge in [0.05, 0.1) is 23.4 Å². The number of hydrogen-bond donors (Lipinski definition) is 1. The predicted molar refractivity (Wildman–Crippen MR) is 166 cm³/mol. The zero-order valence-corrected chi connectivity index (χ0v) is 25.9. The summed E-state index contributed by atoms with van der Waals surface area (Å²) < 4.78 is 54.2. The molecule has 5 rings (SSSR count). The SMILES string of the molecule is Cc1cc(OCCCc2c(C(F)(F)F)n(Cc3ccc(C(=O)O)cc3)c3c(-c4c(C)nn(C)c4C)cccc23)cc(C)c1Cl. The average molecular weight is 624 g/mol. The topological polar surface area (TPSA) is 69.3 Å². The van der Waals surface area contributed by atoms with Crippen molar-refractivity contribution in [2.75, 3.05) is 6.61 Å². The average Bonchev–Trinajstić information content (AvgIpc) is 3.41. The minimum atomic E-state index is -4.66. The summed E-state index contributed by atoms with van der Waals surface area (Å²) in [6.07, 6.45) is -4.17. The molecule has 1 N–H and O–H groups in total. The summed E-state index contributed by atoms with van der Waals surface area (Å²) in [5, 5.41) is 15.0. The highest BCUT2D eigenvalue weighted by Crippen LogP contribution is 2.43. The van der Waals surface area contributed by atoms with E-state index < -0.39 is 17.8 Å². The molecule has 2 heterocycles. The number of fused-ring (bicyclic) bond motifs is 1. The van der Waals surface area contributed by atoms with Crippen molar-refractivity contribution in [1.29, 1.82) is 0 Å². The summed E-state index contributed by atoms with van der Waals surface area (Å²) in [6, 6.07) is 14.9. The maximum Gasteiger partial charge on any atom is 0.431 e. The van der Waals surface area contributed by atoms with E-state index in [9.17, 15) is 9.90 Å². The Kier molecular flexibility index (Phi) is 8.53. The van der Waals surface area contributed by atoms with Crippen LogP contribution in [0.25, 0.3) is 22.0 Å². The Labute approximate surface area is 258 Å². The molecule has 2 aromatic heterocycles. The minimum Gasteiger partial charge on any atom is -0.494 e. The van der Waals surface area contributed by atoms with E-state index in [2.05, 4.69) is 5.10 Å². The number of aromatic carboxylic acids is 1. The fraction of sp³-hybridized carbons (Fsp3) is 0.294. The fourth-order valence-corrected chi connectivity index (χ4v) is 6.05. The molecule has 0 atom stereocenters. The van der Waals surface area contributed by atoms with Crippen LogP contribution in [0, 0.1) is 27.7 Å². The molecular formula is C34H33ClF3N3O3. The van der Waals surface area contributed by atoms with Gasteiger partial charge in [-0.15, -0.1) is 0 Å². The van der Waals surface area contributed by atoms with E-state index in [0.29, 0.717) is 44.9 Å². The van der Waals surface area contributed by atoms with Crippen LogP contribution in [0.1, 0.15) is 56.1 Å². The summed E-state index contributed by atoms with van der Waals surface area (Å²) in [5.41, 5.74) is 5.29. The predicted octanol–water partition coefficient (Wildman–Crippen LogP) is 8.71. The summed E-state index contributed by atoms with van der Waals surface area (Å²) in [5.74, 6) is -0.477. The summed E-state index contributed by atoms with van der Waals surface area (Å²) in [4.78, 5) is 11.4. The molecule has 0 aliphatic carbocycles. The van der Waals surface area contributed by atoms with Gasteiger partial charge in [-0.3, -0.25) is 4.68 Å². The Morgan fingerprint density at radius 3 is 2.25 bits per heavy atom. The van der Waals surface area contributed by atoms with Crippen LogP contribution in [0.5, 0.6) is 5.75 Å². The molecule has 0 radical (unpaired) electrons. The number of halogens is 4. The minimum absolute atomic E-state index is 0.0659. The lowest BCUT2D eigenvalue weighted by atomic mass is 9.98. The van der Waals surface area contributed by atoms with Gasteiger partial charge in [-0.2, -0.15) is 18.3 Å². The third-order valence-electron chi connectivity index (χ3n) is 8.03. The molecule has 3 aromatic carbocycles. The second-order valence-electron chi connectivity index (χ2n) is 11.1. The van der Waals surface area contributed by atoms with Crippen molar-refractivity contribution in [3.63, 3.8) is 0 Å². The van der Waals surface area contributed by atoms with E-state index in [-0.39, 0.29) is 30.7 Å². The molecule has 0 aliphatic rings. The lowest BCUT2D eigenvalue weighted by Gasteiger charge is -2.17. The molecule has 10 heteroatoms. The second-order valence-corrected chi connectivity index (χ2v) is 11.5. The highest BCUT2D eigenvalue weighted by atomic mass is 35.5. The first-order valence-corrected chi connectivity index (χ1v) is 14.6. The van der Waals surface area contributed by atoms with E-state index in [1.165, 1.54) is 16.7 Å². The number of rotatable bonds is 9. The quantitative estimate of drug-likeness (QED) is 0.167. The molecule has 0 fully saturated rings. The van der Waals surface area contributed by atoms with Crippen LogP contribution in [0.4, 0.5) is 13.2 Å². The summed E-state index contributed by atoms with van der Waals surface area (Å²) >= 11 is 6.27. The molecule has 0 saturated carbocycles. The van der Waals surface area contributed by atoms with E-state index in [0.717, 1.165) is 22.4 Å². The second kappa shape index (κ2) is 12.0. The largest absolute Gasteiger partial charge is 0.494 e. The summed E-state index contributed by atoms with van der Waals surface area (Å²) in [6.45, 7) is 7.63. The number of aryl methyl sites for hydroxylation is 5. The number of para-hydroxylation sites is 1. The summed E-state index contributed by atoms with van der Waals surface area (Å²) in [7, 11) is 1.81. The van der Waals surface area contributed by atoms with Crippen molar-refractivity contribution in [2.45, 2.75) is 53.3 Å². The van der Waals surface area contributed by atoms with Gasteiger partial charge < -0.3 is 14.4 Å². The third kappa shape index (κ3) is 5.93. The number of hydrogen-bond acceptors (Lipinski definition) is 3. The molecule has 230 valence electrons. The van der Waals surface area contributed by atoms with E-state index in [1.54, 1.807) is 28.9 Å². The van der Waals surface area contributed by atoms with E-state index in [1.807, 2.05) is 52.9 Å². The maximum atomic E-state index is 15.1. The number of nitrogens with zero attached hydrogens (tertiary/aromatic N) is 3. The molecule has 0 bridgehead atoms. The van der Waals surface area contributed by atoms with Gasteiger partial charge in [0.25, 0.3) is 0 Å². The van der Waals surface area contributed by atoms with Gasteiger partial charge in [0, 0.05) is 40.8 Å². The molecule has 0 saturated heterocycles. The zero-order valence-electron chi connectivity index (χ0n) is 25.1. The van der Waals surface area contributed by atoms with Crippen molar-refractivity contribution in [2.24, 2.45) is 7.05 Å². The first-order chi connectivity index (χ1) is 20.8. The lowest BCUT2D eigenvalue weighted by Crippen LogP contribution is -2.17. The van der Waals surface area contributed by atoms with Gasteiger partial charge in [0.15, 0.2) is 0 Å². The van der Waals surface area contributed by atoms with Crippen LogP contribution in [0.2, 0.25) is 5.02 Å². The lowest BCUT2D eigenvalue weighted by molar-refractivity contribution is -0.143. The molecule has 6 nitrogen and oxygen atoms in total. The first kappa shape index (κ1) is 31.2. The molecule has 0 unspecified atom stereocenters. The van der Waals surface area contributed by atoms with Crippen LogP contribution in [-0.4, -0.2) is 32.0 Å².